The SMILES string of the molecule is COC(=O)[C@H]1CCC[C@@H](O)C1. The molecule has 1 aliphatic rings. The zero-order valence-electron chi connectivity index (χ0n) is 6.75. The smallest absolute Gasteiger partial charge is 0.308 e. The van der Waals surface area contributed by atoms with Crippen LogP contribution in [0.2, 0.25) is 0 Å². The molecule has 1 rings (SSSR count). The molecule has 0 spiro atoms. The van der Waals surface area contributed by atoms with Crippen molar-refractivity contribution in [2.24, 2.45) is 5.92 Å². The summed E-state index contributed by atoms with van der Waals surface area (Å²) in [6.45, 7) is 0. The van der Waals surface area contributed by atoms with E-state index in [0.29, 0.717) is 6.42 Å². The van der Waals surface area contributed by atoms with Crippen LogP contribution in [0.5, 0.6) is 0 Å². The first kappa shape index (κ1) is 8.53. The summed E-state index contributed by atoms with van der Waals surface area (Å²) in [6.07, 6.45) is 2.90. The molecule has 2 atom stereocenters. The summed E-state index contributed by atoms with van der Waals surface area (Å²) in [4.78, 5) is 11.0. The van der Waals surface area contributed by atoms with E-state index in [1.54, 1.807) is 0 Å². The van der Waals surface area contributed by atoms with E-state index < -0.39 is 0 Å². The van der Waals surface area contributed by atoms with Crippen LogP contribution in [0.1, 0.15) is 25.7 Å². The Bertz CT molecular complexity index is 144. The fraction of sp³-hybridized carbons (Fsp3) is 0.875. The molecular weight excluding hydrogens is 144 g/mol. The molecule has 0 amide bonds. The van der Waals surface area contributed by atoms with E-state index in [9.17, 15) is 9.90 Å². The van der Waals surface area contributed by atoms with E-state index in [0.717, 1.165) is 19.3 Å². The number of carbonyl (C=O) groups is 1. The Morgan fingerprint density at radius 3 is 2.82 bits per heavy atom. The molecule has 1 fully saturated rings. The summed E-state index contributed by atoms with van der Waals surface area (Å²) >= 11 is 0. The van der Waals surface area contributed by atoms with Crippen molar-refractivity contribution in [3.8, 4) is 0 Å². The van der Waals surface area contributed by atoms with Crippen LogP contribution in [-0.2, 0) is 9.53 Å². The third-order valence-electron chi connectivity index (χ3n) is 2.18. The summed E-state index contributed by atoms with van der Waals surface area (Å²) in [5.41, 5.74) is 0. The van der Waals surface area contributed by atoms with Gasteiger partial charge < -0.3 is 9.84 Å². The van der Waals surface area contributed by atoms with Gasteiger partial charge in [0.25, 0.3) is 0 Å². The van der Waals surface area contributed by atoms with Gasteiger partial charge in [-0.1, -0.05) is 6.42 Å². The number of carbonyl (C=O) groups excluding carboxylic acids is 1. The van der Waals surface area contributed by atoms with Gasteiger partial charge in [-0.15, -0.1) is 0 Å². The molecule has 0 unspecified atom stereocenters. The zero-order valence-corrected chi connectivity index (χ0v) is 6.75. The Labute approximate surface area is 66.4 Å². The molecule has 0 radical (unpaired) electrons. The van der Waals surface area contributed by atoms with Crippen molar-refractivity contribution in [2.75, 3.05) is 7.11 Å². The minimum absolute atomic E-state index is 0.0660. The predicted octanol–water partition coefficient (Wildman–Crippen LogP) is 0.710. The molecule has 3 heteroatoms. The Morgan fingerprint density at radius 2 is 2.27 bits per heavy atom. The maximum absolute atomic E-state index is 11.0. The molecule has 0 saturated heterocycles. The van der Waals surface area contributed by atoms with Gasteiger partial charge in [0.05, 0.1) is 19.1 Å². The van der Waals surface area contributed by atoms with Crippen molar-refractivity contribution >= 4 is 5.97 Å². The third-order valence-corrected chi connectivity index (χ3v) is 2.18. The lowest BCUT2D eigenvalue weighted by Gasteiger charge is -2.23. The van der Waals surface area contributed by atoms with Crippen molar-refractivity contribution in [2.45, 2.75) is 31.8 Å². The standard InChI is InChI=1S/C8H14O3/c1-11-8(10)6-3-2-4-7(9)5-6/h6-7,9H,2-5H2,1H3/t6-,7+/m0/s1. The highest BCUT2D eigenvalue weighted by Crippen LogP contribution is 2.24. The second-order valence-corrected chi connectivity index (χ2v) is 3.04. The quantitative estimate of drug-likeness (QED) is 0.572. The largest absolute Gasteiger partial charge is 0.469 e. The van der Waals surface area contributed by atoms with Crippen LogP contribution in [0.4, 0.5) is 0 Å². The van der Waals surface area contributed by atoms with E-state index in [-0.39, 0.29) is 18.0 Å². The number of aliphatic hydroxyl groups is 1. The molecule has 1 N–H and O–H groups in total. The summed E-state index contributed by atoms with van der Waals surface area (Å²) < 4.78 is 4.59. The fourth-order valence-corrected chi connectivity index (χ4v) is 1.54. The van der Waals surface area contributed by atoms with E-state index in [2.05, 4.69) is 4.74 Å². The molecule has 3 nitrogen and oxygen atoms in total. The number of hydrogen-bond acceptors (Lipinski definition) is 3. The second-order valence-electron chi connectivity index (χ2n) is 3.04. The van der Waals surface area contributed by atoms with Gasteiger partial charge in [0, 0.05) is 0 Å². The highest BCUT2D eigenvalue weighted by molar-refractivity contribution is 5.72. The lowest BCUT2D eigenvalue weighted by molar-refractivity contribution is -0.147. The van der Waals surface area contributed by atoms with Gasteiger partial charge in [0.15, 0.2) is 0 Å². The number of methoxy groups -OCH3 is 1. The van der Waals surface area contributed by atoms with Gasteiger partial charge in [-0.3, -0.25) is 4.79 Å². The van der Waals surface area contributed by atoms with Crippen LogP contribution < -0.4 is 0 Å². The Balaban J connectivity index is 2.39. The number of rotatable bonds is 1. The molecule has 1 saturated carbocycles. The molecule has 0 aromatic carbocycles. The number of esters is 1. The molecule has 0 bridgehead atoms. The summed E-state index contributed by atoms with van der Waals surface area (Å²) in [7, 11) is 1.39. The molecule has 0 aromatic heterocycles. The third kappa shape index (κ3) is 2.19. The number of hydrogen-bond donors (Lipinski definition) is 1. The Kier molecular flexibility index (Phi) is 2.88. The van der Waals surface area contributed by atoms with Crippen LogP contribution >= 0.6 is 0 Å². The van der Waals surface area contributed by atoms with Crippen LogP contribution in [0.15, 0.2) is 0 Å². The molecule has 0 aliphatic heterocycles. The second kappa shape index (κ2) is 3.72. The van der Waals surface area contributed by atoms with Crippen LogP contribution in [0.25, 0.3) is 0 Å². The summed E-state index contributed by atoms with van der Waals surface area (Å²) in [5.74, 6) is -0.243. The molecule has 64 valence electrons. The molecular formula is C8H14O3. The lowest BCUT2D eigenvalue weighted by atomic mass is 9.87. The van der Waals surface area contributed by atoms with Crippen molar-refractivity contribution in [1.82, 2.24) is 0 Å². The molecule has 0 heterocycles. The van der Waals surface area contributed by atoms with Crippen molar-refractivity contribution < 1.29 is 14.6 Å². The Morgan fingerprint density at radius 1 is 1.55 bits per heavy atom. The number of ether oxygens (including phenoxy) is 1. The van der Waals surface area contributed by atoms with Gasteiger partial charge in [0.2, 0.25) is 0 Å². The van der Waals surface area contributed by atoms with Gasteiger partial charge in [-0.25, -0.2) is 0 Å². The van der Waals surface area contributed by atoms with Crippen LogP contribution in [-0.4, -0.2) is 24.3 Å². The lowest BCUT2D eigenvalue weighted by Crippen LogP contribution is -2.26. The van der Waals surface area contributed by atoms with Crippen LogP contribution in [0, 0.1) is 5.92 Å². The maximum Gasteiger partial charge on any atom is 0.308 e. The number of aliphatic hydroxyl groups excluding tert-OH is 1. The van der Waals surface area contributed by atoms with Gasteiger partial charge in [-0.2, -0.15) is 0 Å². The van der Waals surface area contributed by atoms with Gasteiger partial charge in [0.1, 0.15) is 0 Å². The molecule has 11 heavy (non-hydrogen) atoms. The van der Waals surface area contributed by atoms with E-state index in [4.69, 9.17) is 0 Å². The Hall–Kier alpha value is -0.570. The van der Waals surface area contributed by atoms with Gasteiger partial charge >= 0.3 is 5.97 Å². The zero-order chi connectivity index (χ0) is 8.27. The minimum Gasteiger partial charge on any atom is -0.469 e. The van der Waals surface area contributed by atoms with Gasteiger partial charge in [-0.05, 0) is 19.3 Å². The topological polar surface area (TPSA) is 46.5 Å². The average Bonchev–Trinajstić information content (AvgIpc) is 2.03. The van der Waals surface area contributed by atoms with E-state index in [1.807, 2.05) is 0 Å². The predicted molar refractivity (Wildman–Crippen MR) is 40.0 cm³/mol. The van der Waals surface area contributed by atoms with Crippen molar-refractivity contribution in [1.29, 1.82) is 0 Å². The first-order valence-electron chi connectivity index (χ1n) is 4.00. The monoisotopic (exact) mass is 158 g/mol. The average molecular weight is 158 g/mol. The molecule has 1 aliphatic carbocycles. The van der Waals surface area contributed by atoms with E-state index in [1.165, 1.54) is 7.11 Å². The van der Waals surface area contributed by atoms with E-state index >= 15 is 0 Å². The first-order chi connectivity index (χ1) is 5.24. The highest BCUT2D eigenvalue weighted by Gasteiger charge is 2.26. The van der Waals surface area contributed by atoms with Crippen molar-refractivity contribution in [3.05, 3.63) is 0 Å². The molecule has 0 aromatic rings. The van der Waals surface area contributed by atoms with Crippen LogP contribution in [0.3, 0.4) is 0 Å². The minimum atomic E-state index is -0.298. The normalized spacial score (nSPS) is 31.5. The highest BCUT2D eigenvalue weighted by atomic mass is 16.5. The maximum atomic E-state index is 11.0. The summed E-state index contributed by atoms with van der Waals surface area (Å²) in [5, 5.41) is 9.22. The first-order valence-corrected chi connectivity index (χ1v) is 4.00. The fourth-order valence-electron chi connectivity index (χ4n) is 1.54. The summed E-state index contributed by atoms with van der Waals surface area (Å²) in [6, 6.07) is 0. The van der Waals surface area contributed by atoms with Crippen molar-refractivity contribution in [3.63, 3.8) is 0 Å².